The number of hydrogen-bond donors (Lipinski definition) is 2. The van der Waals surface area contributed by atoms with Gasteiger partial charge in [0, 0.05) is 6.54 Å². The van der Waals surface area contributed by atoms with Gasteiger partial charge in [-0.15, -0.1) is 0 Å². The molecule has 1 aliphatic rings. The van der Waals surface area contributed by atoms with Crippen molar-refractivity contribution in [3.63, 3.8) is 0 Å². The highest BCUT2D eigenvalue weighted by atomic mass is 16.3. The first-order chi connectivity index (χ1) is 5.20. The van der Waals surface area contributed by atoms with E-state index in [9.17, 15) is 0 Å². The van der Waals surface area contributed by atoms with Crippen LogP contribution in [0.25, 0.3) is 0 Å². The zero-order chi connectivity index (χ0) is 8.43. The lowest BCUT2D eigenvalue weighted by atomic mass is 10.3. The van der Waals surface area contributed by atoms with Gasteiger partial charge in [0.2, 0.25) is 0 Å². The fourth-order valence-corrected chi connectivity index (χ4v) is 1.02. The minimum absolute atomic E-state index is 0.0133. The van der Waals surface area contributed by atoms with E-state index in [1.165, 1.54) is 0 Å². The molecule has 1 heterocycles. The van der Waals surface area contributed by atoms with Crippen LogP contribution < -0.4 is 0 Å². The summed E-state index contributed by atoms with van der Waals surface area (Å²) in [5.41, 5.74) is 0.104. The van der Waals surface area contributed by atoms with E-state index < -0.39 is 0 Å². The van der Waals surface area contributed by atoms with E-state index in [4.69, 9.17) is 15.8 Å². The fourth-order valence-electron chi connectivity index (χ4n) is 1.02. The Balaban J connectivity index is 2.89. The zero-order valence-corrected chi connectivity index (χ0v) is 6.26. The monoisotopic (exact) mass is 151 g/mol. The minimum atomic E-state index is 0.0133. The van der Waals surface area contributed by atoms with E-state index in [1.807, 2.05) is 6.92 Å². The van der Waals surface area contributed by atoms with E-state index in [0.29, 0.717) is 13.1 Å². The molecular weight excluding hydrogens is 142 g/mol. The second-order valence-corrected chi connectivity index (χ2v) is 2.30. The molecule has 11 heavy (non-hydrogen) atoms. The number of hydrogen-bond acceptors (Lipinski definition) is 3. The van der Waals surface area contributed by atoms with Gasteiger partial charge in [-0.25, -0.2) is 0 Å². The third kappa shape index (κ3) is 1.05. The highest BCUT2D eigenvalue weighted by Gasteiger charge is 2.25. The molecule has 0 bridgehead atoms. The van der Waals surface area contributed by atoms with Crippen molar-refractivity contribution >= 4 is 5.84 Å². The van der Waals surface area contributed by atoms with Crippen molar-refractivity contribution in [3.05, 3.63) is 11.3 Å². The number of rotatable bonds is 1. The smallest absolute Gasteiger partial charge is 0.142 e. The first kappa shape index (κ1) is 7.61. The number of nitrogens with one attached hydrogen (secondary N) is 1. The van der Waals surface area contributed by atoms with Gasteiger partial charge in [-0.3, -0.25) is 5.41 Å². The molecule has 0 unspecified atom stereocenters. The second-order valence-electron chi connectivity index (χ2n) is 2.30. The van der Waals surface area contributed by atoms with Crippen LogP contribution in [0.2, 0.25) is 0 Å². The summed E-state index contributed by atoms with van der Waals surface area (Å²) in [4.78, 5) is 1.63. The summed E-state index contributed by atoms with van der Waals surface area (Å²) >= 11 is 0. The van der Waals surface area contributed by atoms with Crippen molar-refractivity contribution in [1.29, 1.82) is 10.7 Å². The van der Waals surface area contributed by atoms with Crippen LogP contribution in [-0.2, 0) is 0 Å². The standard InChI is InChI=1S/C7H9N3O/c1-2-10-4-6(11)5(3-8)7(10)9/h9,11H,2,4H2,1H3. The number of nitriles is 1. The molecule has 0 spiro atoms. The lowest BCUT2D eigenvalue weighted by Gasteiger charge is -2.13. The predicted octanol–water partition coefficient (Wildman–Crippen LogP) is 0.635. The quantitative estimate of drug-likeness (QED) is 0.577. The van der Waals surface area contributed by atoms with Crippen LogP contribution in [0.3, 0.4) is 0 Å². The van der Waals surface area contributed by atoms with Gasteiger partial charge in [-0.05, 0) is 6.92 Å². The first-order valence-corrected chi connectivity index (χ1v) is 3.36. The molecule has 0 aromatic heterocycles. The highest BCUT2D eigenvalue weighted by Crippen LogP contribution is 2.15. The molecule has 58 valence electrons. The van der Waals surface area contributed by atoms with Crippen LogP contribution in [0, 0.1) is 16.7 Å². The molecule has 0 aromatic carbocycles. The van der Waals surface area contributed by atoms with Crippen molar-refractivity contribution in [1.82, 2.24) is 4.90 Å². The van der Waals surface area contributed by atoms with Gasteiger partial charge in [0.15, 0.2) is 0 Å². The van der Waals surface area contributed by atoms with Crippen LogP contribution >= 0.6 is 0 Å². The Hall–Kier alpha value is -1.50. The summed E-state index contributed by atoms with van der Waals surface area (Å²) in [5, 5.41) is 25.0. The molecule has 0 atom stereocenters. The van der Waals surface area contributed by atoms with Crippen LogP contribution in [0.1, 0.15) is 6.92 Å². The van der Waals surface area contributed by atoms with E-state index in [1.54, 1.807) is 11.0 Å². The topological polar surface area (TPSA) is 71.1 Å². The van der Waals surface area contributed by atoms with E-state index in [0.717, 1.165) is 0 Å². The van der Waals surface area contributed by atoms with Crippen LogP contribution in [0.5, 0.6) is 0 Å². The molecule has 0 radical (unpaired) electrons. The Labute approximate surface area is 64.9 Å². The number of aliphatic hydroxyl groups excluding tert-OH is 1. The molecule has 4 nitrogen and oxygen atoms in total. The maximum absolute atomic E-state index is 9.14. The molecule has 2 N–H and O–H groups in total. The van der Waals surface area contributed by atoms with Crippen molar-refractivity contribution < 1.29 is 5.11 Å². The predicted molar refractivity (Wildman–Crippen MR) is 40.2 cm³/mol. The van der Waals surface area contributed by atoms with E-state index in [-0.39, 0.29) is 17.2 Å². The fraction of sp³-hybridized carbons (Fsp3) is 0.429. The van der Waals surface area contributed by atoms with Gasteiger partial charge in [0.05, 0.1) is 6.54 Å². The van der Waals surface area contributed by atoms with E-state index in [2.05, 4.69) is 0 Å². The third-order valence-electron chi connectivity index (χ3n) is 1.68. The first-order valence-electron chi connectivity index (χ1n) is 3.36. The molecule has 0 saturated carbocycles. The molecular formula is C7H9N3O. The van der Waals surface area contributed by atoms with Gasteiger partial charge in [-0.2, -0.15) is 5.26 Å². The average Bonchev–Trinajstić information content (AvgIpc) is 2.26. The van der Waals surface area contributed by atoms with Crippen molar-refractivity contribution in [2.45, 2.75) is 6.92 Å². The number of amidine groups is 1. The number of aliphatic hydroxyl groups is 1. The number of nitrogens with zero attached hydrogens (tertiary/aromatic N) is 2. The second kappa shape index (κ2) is 2.62. The minimum Gasteiger partial charge on any atom is -0.509 e. The SMILES string of the molecule is CCN1CC(O)=C(C#N)C1=N. The summed E-state index contributed by atoms with van der Waals surface area (Å²) < 4.78 is 0. The molecule has 0 aliphatic carbocycles. The average molecular weight is 151 g/mol. The van der Waals surface area contributed by atoms with Crippen molar-refractivity contribution in [2.75, 3.05) is 13.1 Å². The Bertz CT molecular complexity index is 261. The van der Waals surface area contributed by atoms with Gasteiger partial charge in [-0.1, -0.05) is 0 Å². The maximum Gasteiger partial charge on any atom is 0.142 e. The molecule has 4 heteroatoms. The summed E-state index contributed by atoms with van der Waals surface area (Å²) in [6.07, 6.45) is 0. The van der Waals surface area contributed by atoms with Gasteiger partial charge in [0.25, 0.3) is 0 Å². The molecule has 0 amide bonds. The molecule has 0 saturated heterocycles. The highest BCUT2D eigenvalue weighted by molar-refractivity contribution is 6.02. The normalized spacial score (nSPS) is 17.5. The van der Waals surface area contributed by atoms with Crippen LogP contribution in [0.4, 0.5) is 0 Å². The van der Waals surface area contributed by atoms with Crippen LogP contribution in [-0.4, -0.2) is 28.9 Å². The van der Waals surface area contributed by atoms with Gasteiger partial charge in [0.1, 0.15) is 23.2 Å². The Morgan fingerprint density at radius 3 is 2.73 bits per heavy atom. The Morgan fingerprint density at radius 1 is 1.82 bits per heavy atom. The molecule has 1 aliphatic heterocycles. The van der Waals surface area contributed by atoms with Gasteiger partial charge < -0.3 is 10.0 Å². The van der Waals surface area contributed by atoms with Crippen molar-refractivity contribution in [3.8, 4) is 6.07 Å². The van der Waals surface area contributed by atoms with Crippen molar-refractivity contribution in [2.24, 2.45) is 0 Å². The summed E-state index contributed by atoms with van der Waals surface area (Å²) in [5.74, 6) is 0.145. The largest absolute Gasteiger partial charge is 0.509 e. The summed E-state index contributed by atoms with van der Waals surface area (Å²) in [7, 11) is 0. The number of likely N-dealkylation sites (N-methyl/N-ethyl adjacent to an activating group) is 1. The summed E-state index contributed by atoms with van der Waals surface area (Å²) in [6.45, 7) is 2.83. The Morgan fingerprint density at radius 2 is 2.45 bits per heavy atom. The van der Waals surface area contributed by atoms with E-state index >= 15 is 0 Å². The molecule has 1 rings (SSSR count). The third-order valence-corrected chi connectivity index (χ3v) is 1.68. The lowest BCUT2D eigenvalue weighted by Crippen LogP contribution is -2.25. The molecule has 0 aromatic rings. The lowest BCUT2D eigenvalue weighted by molar-refractivity contribution is 0.355. The zero-order valence-electron chi connectivity index (χ0n) is 6.26. The summed E-state index contributed by atoms with van der Waals surface area (Å²) in [6, 6.07) is 1.79. The Kier molecular flexibility index (Phi) is 1.81. The molecule has 0 fully saturated rings. The maximum atomic E-state index is 9.14. The van der Waals surface area contributed by atoms with Gasteiger partial charge >= 0.3 is 0 Å². The van der Waals surface area contributed by atoms with Crippen LogP contribution in [0.15, 0.2) is 11.3 Å².